The highest BCUT2D eigenvalue weighted by Crippen LogP contribution is 2.33. The number of likely N-dealkylation sites (tertiary alicyclic amines) is 1. The van der Waals surface area contributed by atoms with Crippen molar-refractivity contribution in [3.8, 4) is 0 Å². The van der Waals surface area contributed by atoms with Gasteiger partial charge in [0.15, 0.2) is 0 Å². The summed E-state index contributed by atoms with van der Waals surface area (Å²) in [6, 6.07) is 14.2. The summed E-state index contributed by atoms with van der Waals surface area (Å²) in [7, 11) is 3.69. The molecule has 0 bridgehead atoms. The number of β-amino-alcohol motifs (C(OH)–C–C–N with tert-alkyl or cyclic N) is 1. The first-order valence-electron chi connectivity index (χ1n) is 10.9. The van der Waals surface area contributed by atoms with Crippen molar-refractivity contribution >= 4 is 16.9 Å². The van der Waals surface area contributed by atoms with Crippen LogP contribution >= 0.6 is 0 Å². The van der Waals surface area contributed by atoms with Crippen LogP contribution in [-0.4, -0.2) is 77.2 Å². The van der Waals surface area contributed by atoms with E-state index in [4.69, 9.17) is 0 Å². The van der Waals surface area contributed by atoms with Gasteiger partial charge in [-0.15, -0.1) is 0 Å². The maximum Gasteiger partial charge on any atom is 0.234 e. The average Bonchev–Trinajstić information content (AvgIpc) is 3.16. The fourth-order valence-electron chi connectivity index (χ4n) is 4.48. The van der Waals surface area contributed by atoms with E-state index in [0.717, 1.165) is 23.4 Å². The van der Waals surface area contributed by atoms with Crippen LogP contribution in [0, 0.1) is 5.82 Å². The summed E-state index contributed by atoms with van der Waals surface area (Å²) < 4.78 is 13.4. The van der Waals surface area contributed by atoms with E-state index in [2.05, 4.69) is 20.2 Å². The highest BCUT2D eigenvalue weighted by Gasteiger charge is 2.44. The second-order valence-corrected chi connectivity index (χ2v) is 8.78. The first-order valence-corrected chi connectivity index (χ1v) is 10.9. The number of benzene rings is 2. The first-order chi connectivity index (χ1) is 15.4. The Morgan fingerprint density at radius 3 is 2.81 bits per heavy atom. The fraction of sp³-hybridized carbons (Fsp3) is 0.417. The molecule has 3 N–H and O–H groups in total. The Hall–Kier alpha value is -2.81. The molecule has 170 valence electrons. The average molecular weight is 440 g/mol. The number of hydrogen-bond acceptors (Lipinski definition) is 5. The zero-order valence-electron chi connectivity index (χ0n) is 18.5. The van der Waals surface area contributed by atoms with Gasteiger partial charge in [0.25, 0.3) is 0 Å². The van der Waals surface area contributed by atoms with Crippen molar-refractivity contribution in [2.24, 2.45) is 0 Å². The minimum atomic E-state index is -0.818. The standard InChI is InChI=1S/C24H30FN5O2/c1-29(2)16-23(32)28-24(17-6-4-3-5-7-17)11-13-30(15-21(24)31)12-10-22-26-19-9-8-18(25)14-20(19)27-22/h3-9,14,21,31H,10-13,15-16H2,1-2H3,(H,26,27)(H,28,32)/t21-,24-/m1/s1. The number of hydrogen-bond donors (Lipinski definition) is 3. The van der Waals surface area contributed by atoms with Crippen molar-refractivity contribution in [2.45, 2.75) is 24.5 Å². The molecule has 1 amide bonds. The van der Waals surface area contributed by atoms with Gasteiger partial charge in [-0.1, -0.05) is 30.3 Å². The molecular weight excluding hydrogens is 409 g/mol. The third-order valence-corrected chi connectivity index (χ3v) is 6.09. The summed E-state index contributed by atoms with van der Waals surface area (Å²) in [5.74, 6) is 0.389. The van der Waals surface area contributed by atoms with Gasteiger partial charge in [0.1, 0.15) is 11.6 Å². The third kappa shape index (κ3) is 4.82. The van der Waals surface area contributed by atoms with Gasteiger partial charge in [0.2, 0.25) is 5.91 Å². The van der Waals surface area contributed by atoms with Crippen LogP contribution < -0.4 is 5.32 Å². The topological polar surface area (TPSA) is 84.5 Å². The van der Waals surface area contributed by atoms with E-state index in [1.807, 2.05) is 49.3 Å². The molecule has 0 radical (unpaired) electrons. The predicted octanol–water partition coefficient (Wildman–Crippen LogP) is 1.88. The van der Waals surface area contributed by atoms with Crippen LogP contribution in [0.2, 0.25) is 0 Å². The van der Waals surface area contributed by atoms with Gasteiger partial charge in [-0.3, -0.25) is 4.79 Å². The van der Waals surface area contributed by atoms with Crippen LogP contribution in [0.25, 0.3) is 11.0 Å². The van der Waals surface area contributed by atoms with E-state index < -0.39 is 11.6 Å². The van der Waals surface area contributed by atoms with Gasteiger partial charge < -0.3 is 25.2 Å². The maximum atomic E-state index is 13.4. The molecule has 1 aromatic heterocycles. The molecule has 1 saturated heterocycles. The summed E-state index contributed by atoms with van der Waals surface area (Å²) in [6.45, 7) is 2.13. The molecule has 1 aliphatic heterocycles. The SMILES string of the molecule is CN(C)CC(=O)N[C@@]1(c2ccccc2)CCN(CCc2nc3ccc(F)cc3[nH]2)C[C@H]1O. The highest BCUT2D eigenvalue weighted by atomic mass is 19.1. The van der Waals surface area contributed by atoms with Crippen molar-refractivity contribution in [1.29, 1.82) is 0 Å². The molecule has 0 aliphatic carbocycles. The fourth-order valence-corrected chi connectivity index (χ4v) is 4.48. The maximum absolute atomic E-state index is 13.4. The molecule has 32 heavy (non-hydrogen) atoms. The number of nitrogens with one attached hydrogen (secondary N) is 2. The summed E-state index contributed by atoms with van der Waals surface area (Å²) in [6.07, 6.45) is 0.506. The monoisotopic (exact) mass is 439 g/mol. The van der Waals surface area contributed by atoms with Crippen LogP contribution in [0.4, 0.5) is 4.39 Å². The van der Waals surface area contributed by atoms with E-state index in [1.165, 1.54) is 12.1 Å². The number of aliphatic hydroxyl groups excluding tert-OH is 1. The molecule has 2 atom stereocenters. The lowest BCUT2D eigenvalue weighted by Crippen LogP contribution is -2.62. The predicted molar refractivity (Wildman–Crippen MR) is 122 cm³/mol. The summed E-state index contributed by atoms with van der Waals surface area (Å²) in [4.78, 5) is 24.3. The lowest BCUT2D eigenvalue weighted by molar-refractivity contribution is -0.127. The van der Waals surface area contributed by atoms with Gasteiger partial charge in [-0.25, -0.2) is 9.37 Å². The molecule has 0 spiro atoms. The molecule has 3 aromatic rings. The van der Waals surface area contributed by atoms with Crippen LogP contribution in [0.1, 0.15) is 17.8 Å². The number of imidazole rings is 1. The summed E-state index contributed by atoms with van der Waals surface area (Å²) in [5.41, 5.74) is 1.53. The number of carbonyl (C=O) groups is 1. The number of fused-ring (bicyclic) bond motifs is 1. The van der Waals surface area contributed by atoms with Crippen molar-refractivity contribution < 1.29 is 14.3 Å². The van der Waals surface area contributed by atoms with Crippen LogP contribution in [0.5, 0.6) is 0 Å². The summed E-state index contributed by atoms with van der Waals surface area (Å²) >= 11 is 0. The van der Waals surface area contributed by atoms with Crippen molar-refractivity contribution in [1.82, 2.24) is 25.1 Å². The minimum Gasteiger partial charge on any atom is -0.389 e. The highest BCUT2D eigenvalue weighted by molar-refractivity contribution is 5.79. The summed E-state index contributed by atoms with van der Waals surface area (Å²) in [5, 5.41) is 14.4. The Balaban J connectivity index is 1.45. The molecule has 0 saturated carbocycles. The van der Waals surface area contributed by atoms with Gasteiger partial charge in [0, 0.05) is 26.1 Å². The molecule has 1 fully saturated rings. The lowest BCUT2D eigenvalue weighted by Gasteiger charge is -2.46. The van der Waals surface area contributed by atoms with E-state index in [0.29, 0.717) is 31.4 Å². The molecule has 4 rings (SSSR count). The zero-order valence-corrected chi connectivity index (χ0v) is 18.5. The Morgan fingerprint density at radius 2 is 2.09 bits per heavy atom. The third-order valence-electron chi connectivity index (χ3n) is 6.09. The lowest BCUT2D eigenvalue weighted by atomic mass is 9.78. The largest absolute Gasteiger partial charge is 0.389 e. The second-order valence-electron chi connectivity index (χ2n) is 8.78. The van der Waals surface area contributed by atoms with Crippen molar-refractivity contribution in [2.75, 3.05) is 40.3 Å². The van der Waals surface area contributed by atoms with E-state index in [-0.39, 0.29) is 18.3 Å². The number of rotatable bonds is 7. The molecule has 2 heterocycles. The first kappa shape index (κ1) is 22.4. The molecule has 1 aliphatic rings. The minimum absolute atomic E-state index is 0.110. The number of halogens is 1. The van der Waals surface area contributed by atoms with E-state index >= 15 is 0 Å². The number of H-pyrrole nitrogens is 1. The number of carbonyl (C=O) groups excluding carboxylic acids is 1. The Labute approximate surface area is 187 Å². The molecule has 0 unspecified atom stereocenters. The van der Waals surface area contributed by atoms with Gasteiger partial charge in [-0.05, 0) is 44.3 Å². The van der Waals surface area contributed by atoms with E-state index in [9.17, 15) is 14.3 Å². The number of amides is 1. The van der Waals surface area contributed by atoms with Crippen LogP contribution in [0.15, 0.2) is 48.5 Å². The Kier molecular flexibility index (Phi) is 6.55. The van der Waals surface area contributed by atoms with Gasteiger partial charge in [-0.2, -0.15) is 0 Å². The number of aromatic amines is 1. The van der Waals surface area contributed by atoms with Crippen LogP contribution in [0.3, 0.4) is 0 Å². The number of aromatic nitrogens is 2. The van der Waals surface area contributed by atoms with Crippen molar-refractivity contribution in [3.05, 3.63) is 65.7 Å². The molecule has 8 heteroatoms. The van der Waals surface area contributed by atoms with Gasteiger partial charge >= 0.3 is 0 Å². The Morgan fingerprint density at radius 1 is 1.31 bits per heavy atom. The number of aliphatic hydroxyl groups is 1. The Bertz CT molecular complexity index is 1070. The molecular formula is C24H30FN5O2. The quantitative estimate of drug-likeness (QED) is 0.524. The second kappa shape index (κ2) is 9.36. The van der Waals surface area contributed by atoms with E-state index in [1.54, 1.807) is 6.07 Å². The zero-order chi connectivity index (χ0) is 22.7. The number of piperidine rings is 1. The molecule has 2 aromatic carbocycles. The van der Waals surface area contributed by atoms with Crippen molar-refractivity contribution in [3.63, 3.8) is 0 Å². The number of likely N-dealkylation sites (N-methyl/N-ethyl adjacent to an activating group) is 1. The number of nitrogens with zero attached hydrogens (tertiary/aromatic N) is 3. The molecule has 7 nitrogen and oxygen atoms in total. The van der Waals surface area contributed by atoms with Crippen LogP contribution in [-0.2, 0) is 16.8 Å². The van der Waals surface area contributed by atoms with Gasteiger partial charge in [0.05, 0.1) is 29.2 Å². The smallest absolute Gasteiger partial charge is 0.234 e. The normalized spacial score (nSPS) is 21.8.